The molecule has 0 atom stereocenters. The standard InChI is InChI=1S/C20H25F2N5S/c21-15-11-14-5-4-10-25(18(14)17(22)12-15)13-26-20(28)27(16-6-7-16)19(23-26)24-8-2-1-3-9-24/h11-12,16H,1-10,13H2. The predicted molar refractivity (Wildman–Crippen MR) is 107 cm³/mol. The zero-order chi connectivity index (χ0) is 19.3. The average molecular weight is 406 g/mol. The number of aromatic nitrogens is 3. The van der Waals surface area contributed by atoms with Crippen molar-refractivity contribution in [1.29, 1.82) is 0 Å². The second-order valence-electron chi connectivity index (χ2n) is 8.13. The van der Waals surface area contributed by atoms with E-state index in [0.29, 0.717) is 36.1 Å². The van der Waals surface area contributed by atoms with Crippen molar-refractivity contribution in [2.45, 2.75) is 57.7 Å². The van der Waals surface area contributed by atoms with Crippen LogP contribution in [-0.4, -0.2) is 34.0 Å². The third kappa shape index (κ3) is 3.21. The molecule has 1 aromatic heterocycles. The number of halogens is 2. The molecule has 0 spiro atoms. The van der Waals surface area contributed by atoms with E-state index in [9.17, 15) is 8.78 Å². The summed E-state index contributed by atoms with van der Waals surface area (Å²) < 4.78 is 32.9. The van der Waals surface area contributed by atoms with Crippen molar-refractivity contribution in [3.05, 3.63) is 34.1 Å². The Labute approximate surface area is 168 Å². The molecule has 1 saturated heterocycles. The van der Waals surface area contributed by atoms with Gasteiger partial charge in [0, 0.05) is 31.7 Å². The van der Waals surface area contributed by atoms with Gasteiger partial charge in [0.15, 0.2) is 0 Å². The Morgan fingerprint density at radius 2 is 1.82 bits per heavy atom. The molecule has 1 aliphatic carbocycles. The summed E-state index contributed by atoms with van der Waals surface area (Å²) in [4.78, 5) is 4.29. The van der Waals surface area contributed by atoms with Crippen LogP contribution in [0.25, 0.3) is 0 Å². The van der Waals surface area contributed by atoms with E-state index >= 15 is 0 Å². The SMILES string of the molecule is Fc1cc(F)c2c(c1)CCCN2Cn1nc(N2CCCCC2)n(C2CC2)c1=S. The van der Waals surface area contributed by atoms with Crippen molar-refractivity contribution >= 4 is 23.9 Å². The lowest BCUT2D eigenvalue weighted by Gasteiger charge is -2.31. The number of fused-ring (bicyclic) bond motifs is 1. The fourth-order valence-electron chi connectivity index (χ4n) is 4.50. The van der Waals surface area contributed by atoms with Gasteiger partial charge in [0.1, 0.15) is 18.3 Å². The molecule has 0 radical (unpaired) electrons. The summed E-state index contributed by atoms with van der Waals surface area (Å²) in [6, 6.07) is 2.86. The number of hydrogen-bond acceptors (Lipinski definition) is 4. The molecule has 0 amide bonds. The van der Waals surface area contributed by atoms with Gasteiger partial charge in [-0.05, 0) is 68.8 Å². The van der Waals surface area contributed by atoms with Gasteiger partial charge in [0.2, 0.25) is 10.7 Å². The summed E-state index contributed by atoms with van der Waals surface area (Å²) in [5.74, 6) is -0.0526. The molecule has 5 nitrogen and oxygen atoms in total. The van der Waals surface area contributed by atoms with Gasteiger partial charge in [-0.1, -0.05) is 0 Å². The maximum atomic E-state index is 14.5. The van der Waals surface area contributed by atoms with Crippen LogP contribution in [0.5, 0.6) is 0 Å². The van der Waals surface area contributed by atoms with Crippen molar-refractivity contribution in [3.8, 4) is 0 Å². The summed E-state index contributed by atoms with van der Waals surface area (Å²) in [7, 11) is 0. The summed E-state index contributed by atoms with van der Waals surface area (Å²) >= 11 is 5.78. The molecule has 8 heteroatoms. The van der Waals surface area contributed by atoms with Gasteiger partial charge < -0.3 is 9.80 Å². The van der Waals surface area contributed by atoms with Crippen LogP contribution in [0.4, 0.5) is 20.4 Å². The topological polar surface area (TPSA) is 29.2 Å². The van der Waals surface area contributed by atoms with E-state index in [1.165, 1.54) is 25.3 Å². The summed E-state index contributed by atoms with van der Waals surface area (Å²) in [5.41, 5.74) is 1.23. The lowest BCUT2D eigenvalue weighted by atomic mass is 10.0. The number of piperidine rings is 1. The highest BCUT2D eigenvalue weighted by molar-refractivity contribution is 7.71. The molecule has 0 bridgehead atoms. The fraction of sp³-hybridized carbons (Fsp3) is 0.600. The first-order valence-electron chi connectivity index (χ1n) is 10.3. The van der Waals surface area contributed by atoms with Gasteiger partial charge >= 0.3 is 0 Å². The highest BCUT2D eigenvalue weighted by Gasteiger charge is 2.32. The van der Waals surface area contributed by atoms with E-state index in [0.717, 1.165) is 49.9 Å². The van der Waals surface area contributed by atoms with Crippen LogP contribution in [0.15, 0.2) is 12.1 Å². The van der Waals surface area contributed by atoms with Crippen LogP contribution >= 0.6 is 12.2 Å². The smallest absolute Gasteiger partial charge is 0.226 e. The van der Waals surface area contributed by atoms with Crippen molar-refractivity contribution in [3.63, 3.8) is 0 Å². The summed E-state index contributed by atoms with van der Waals surface area (Å²) in [6.07, 6.45) is 7.47. The first-order valence-corrected chi connectivity index (χ1v) is 10.7. The van der Waals surface area contributed by atoms with E-state index in [1.807, 2.05) is 9.58 Å². The number of rotatable bonds is 4. The molecule has 5 rings (SSSR count). The minimum absolute atomic E-state index is 0.398. The second-order valence-corrected chi connectivity index (χ2v) is 8.50. The molecule has 0 N–H and O–H groups in total. The minimum atomic E-state index is -0.514. The van der Waals surface area contributed by atoms with Crippen LogP contribution in [0.3, 0.4) is 0 Å². The number of anilines is 2. The van der Waals surface area contributed by atoms with Gasteiger partial charge in [-0.2, -0.15) is 0 Å². The Balaban J connectivity index is 1.49. The molecule has 28 heavy (non-hydrogen) atoms. The van der Waals surface area contributed by atoms with Crippen LogP contribution in [0, 0.1) is 16.4 Å². The molecule has 3 heterocycles. The molecule has 1 aromatic carbocycles. The van der Waals surface area contributed by atoms with Crippen LogP contribution in [0.1, 0.15) is 50.1 Å². The number of hydrogen-bond donors (Lipinski definition) is 0. The van der Waals surface area contributed by atoms with Crippen LogP contribution < -0.4 is 9.80 Å². The first kappa shape index (κ1) is 18.1. The minimum Gasteiger partial charge on any atom is -0.349 e. The van der Waals surface area contributed by atoms with E-state index < -0.39 is 11.6 Å². The number of benzene rings is 1. The quantitative estimate of drug-likeness (QED) is 0.704. The Morgan fingerprint density at radius 3 is 2.57 bits per heavy atom. The van der Waals surface area contributed by atoms with E-state index in [1.54, 1.807) is 0 Å². The van der Waals surface area contributed by atoms with Crippen molar-refractivity contribution < 1.29 is 8.78 Å². The van der Waals surface area contributed by atoms with Gasteiger partial charge in [-0.15, -0.1) is 5.10 Å². The second kappa shape index (κ2) is 7.13. The third-order valence-corrected chi connectivity index (χ3v) is 6.41. The monoisotopic (exact) mass is 405 g/mol. The molecule has 3 aliphatic rings. The van der Waals surface area contributed by atoms with Crippen molar-refractivity contribution in [1.82, 2.24) is 14.3 Å². The molecule has 1 saturated carbocycles. The number of aryl methyl sites for hydroxylation is 1. The highest BCUT2D eigenvalue weighted by Crippen LogP contribution is 2.39. The summed E-state index contributed by atoms with van der Waals surface area (Å²) in [5, 5.41) is 4.87. The maximum Gasteiger partial charge on any atom is 0.226 e. The Bertz CT molecular complexity index is 943. The van der Waals surface area contributed by atoms with Crippen LogP contribution in [0.2, 0.25) is 0 Å². The van der Waals surface area contributed by atoms with Gasteiger partial charge in [-0.25, -0.2) is 13.5 Å². The number of nitrogens with zero attached hydrogens (tertiary/aromatic N) is 5. The fourth-order valence-corrected chi connectivity index (χ4v) is 4.83. The molecule has 2 aromatic rings. The van der Waals surface area contributed by atoms with Gasteiger partial charge in [-0.3, -0.25) is 4.57 Å². The zero-order valence-electron chi connectivity index (χ0n) is 15.9. The van der Waals surface area contributed by atoms with Crippen molar-refractivity contribution in [2.75, 3.05) is 29.4 Å². The Kier molecular flexibility index (Phi) is 4.61. The largest absolute Gasteiger partial charge is 0.349 e. The van der Waals surface area contributed by atoms with E-state index in [4.69, 9.17) is 17.3 Å². The van der Waals surface area contributed by atoms with Gasteiger partial charge in [0.05, 0.1) is 5.69 Å². The first-order chi connectivity index (χ1) is 13.6. The highest BCUT2D eigenvalue weighted by atomic mass is 32.1. The third-order valence-electron chi connectivity index (χ3n) is 6.01. The van der Waals surface area contributed by atoms with Crippen LogP contribution in [-0.2, 0) is 13.1 Å². The molecular formula is C20H25F2N5S. The van der Waals surface area contributed by atoms with Gasteiger partial charge in [0.25, 0.3) is 0 Å². The van der Waals surface area contributed by atoms with Crippen molar-refractivity contribution in [2.24, 2.45) is 0 Å². The molecule has 150 valence electrons. The molecule has 0 unspecified atom stereocenters. The molecule has 2 aliphatic heterocycles. The molecular weight excluding hydrogens is 380 g/mol. The summed E-state index contributed by atoms with van der Waals surface area (Å²) in [6.45, 7) is 3.14. The zero-order valence-corrected chi connectivity index (χ0v) is 16.7. The Hall–Kier alpha value is -1.96. The maximum absolute atomic E-state index is 14.5. The molecule has 2 fully saturated rings. The average Bonchev–Trinajstić information content (AvgIpc) is 3.47. The van der Waals surface area contributed by atoms with E-state index in [2.05, 4.69) is 9.47 Å². The Morgan fingerprint density at radius 1 is 1.04 bits per heavy atom. The predicted octanol–water partition coefficient (Wildman–Crippen LogP) is 4.43. The van der Waals surface area contributed by atoms with E-state index in [-0.39, 0.29) is 0 Å². The lowest BCUT2D eigenvalue weighted by molar-refractivity contribution is 0.513. The normalized spacial score (nSPS) is 19.8. The lowest BCUT2D eigenvalue weighted by Crippen LogP contribution is -2.33.